The van der Waals surface area contributed by atoms with Crippen LogP contribution in [0.25, 0.3) is 0 Å². The number of hydrogen-bond acceptors (Lipinski definition) is 3. The number of rotatable bonds is 3. The lowest BCUT2D eigenvalue weighted by Gasteiger charge is -2.34. The summed E-state index contributed by atoms with van der Waals surface area (Å²) in [6, 6.07) is 2.00. The summed E-state index contributed by atoms with van der Waals surface area (Å²) in [6.45, 7) is 5.53. The number of nitrogens with zero attached hydrogens (tertiary/aromatic N) is 1. The Bertz CT molecular complexity index is 604. The summed E-state index contributed by atoms with van der Waals surface area (Å²) in [4.78, 5) is 0.380. The third kappa shape index (κ3) is 2.25. The second-order valence-electron chi connectivity index (χ2n) is 5.48. The van der Waals surface area contributed by atoms with Gasteiger partial charge in [0.25, 0.3) is 0 Å². The molecule has 0 amide bonds. The summed E-state index contributed by atoms with van der Waals surface area (Å²) in [5.74, 6) is 0. The Morgan fingerprint density at radius 2 is 1.79 bits per heavy atom. The zero-order valence-corrected chi connectivity index (χ0v) is 12.8. The van der Waals surface area contributed by atoms with E-state index in [-0.39, 0.29) is 6.04 Å². The molecule has 1 aromatic carbocycles. The van der Waals surface area contributed by atoms with Gasteiger partial charge in [-0.3, -0.25) is 0 Å². The van der Waals surface area contributed by atoms with Crippen LogP contribution in [-0.2, 0) is 10.0 Å². The number of anilines is 1. The van der Waals surface area contributed by atoms with Crippen LogP contribution in [0.2, 0.25) is 0 Å². The van der Waals surface area contributed by atoms with Crippen LogP contribution >= 0.6 is 0 Å². The molecule has 1 aliphatic rings. The van der Waals surface area contributed by atoms with Crippen LogP contribution in [-0.4, -0.2) is 25.8 Å². The van der Waals surface area contributed by atoms with Crippen molar-refractivity contribution in [2.45, 2.75) is 51.0 Å². The molecule has 1 aliphatic carbocycles. The van der Waals surface area contributed by atoms with Gasteiger partial charge < -0.3 is 5.73 Å². The Balaban J connectivity index is 2.54. The lowest BCUT2D eigenvalue weighted by molar-refractivity contribution is 0.249. The van der Waals surface area contributed by atoms with E-state index in [1.807, 2.05) is 19.9 Å². The van der Waals surface area contributed by atoms with E-state index in [2.05, 4.69) is 0 Å². The quantitative estimate of drug-likeness (QED) is 0.866. The van der Waals surface area contributed by atoms with Crippen LogP contribution in [0, 0.1) is 20.8 Å². The minimum atomic E-state index is -3.45. The van der Waals surface area contributed by atoms with Crippen LogP contribution in [0.3, 0.4) is 0 Å². The standard InChI is InChI=1S/C14H22N2O2S/c1-9-8-10(2)14(11(3)13(9)15)19(17,18)16(4)12-6-5-7-12/h8,12H,5-7,15H2,1-4H3. The zero-order chi connectivity index (χ0) is 14.4. The summed E-state index contributed by atoms with van der Waals surface area (Å²) < 4.78 is 27.0. The van der Waals surface area contributed by atoms with E-state index in [4.69, 9.17) is 5.73 Å². The molecule has 0 bridgehead atoms. The highest BCUT2D eigenvalue weighted by Gasteiger charge is 2.34. The second-order valence-corrected chi connectivity index (χ2v) is 7.42. The molecular formula is C14H22N2O2S. The SMILES string of the molecule is Cc1cc(C)c(S(=O)(=O)N(C)C2CCC2)c(C)c1N. The van der Waals surface area contributed by atoms with Gasteiger partial charge in [0.15, 0.2) is 0 Å². The molecule has 106 valence electrons. The Hall–Kier alpha value is -1.07. The Kier molecular flexibility index (Phi) is 3.62. The van der Waals surface area contributed by atoms with E-state index in [0.29, 0.717) is 16.1 Å². The number of nitrogen functional groups attached to an aromatic ring is 1. The highest BCUT2D eigenvalue weighted by atomic mass is 32.2. The van der Waals surface area contributed by atoms with E-state index in [0.717, 1.165) is 30.4 Å². The molecule has 19 heavy (non-hydrogen) atoms. The molecule has 1 fully saturated rings. The Morgan fingerprint density at radius 1 is 1.21 bits per heavy atom. The highest BCUT2D eigenvalue weighted by Crippen LogP contribution is 2.33. The monoisotopic (exact) mass is 282 g/mol. The van der Waals surface area contributed by atoms with Gasteiger partial charge in [-0.25, -0.2) is 8.42 Å². The smallest absolute Gasteiger partial charge is 0.243 e. The molecule has 2 N–H and O–H groups in total. The molecule has 5 heteroatoms. The molecule has 0 atom stereocenters. The first-order valence-corrected chi connectivity index (χ1v) is 8.05. The number of sulfonamides is 1. The van der Waals surface area contributed by atoms with Crippen molar-refractivity contribution >= 4 is 15.7 Å². The maximum atomic E-state index is 12.7. The molecule has 0 unspecified atom stereocenters. The average Bonchev–Trinajstić information content (AvgIpc) is 2.23. The van der Waals surface area contributed by atoms with E-state index >= 15 is 0 Å². The van der Waals surface area contributed by atoms with Crippen molar-refractivity contribution in [3.8, 4) is 0 Å². The molecule has 0 radical (unpaired) electrons. The number of hydrogen-bond donors (Lipinski definition) is 1. The fourth-order valence-corrected chi connectivity index (χ4v) is 4.52. The summed E-state index contributed by atoms with van der Waals surface area (Å²) in [5, 5.41) is 0. The van der Waals surface area contributed by atoms with Crippen molar-refractivity contribution in [1.29, 1.82) is 0 Å². The van der Waals surface area contributed by atoms with Crippen molar-refractivity contribution in [2.24, 2.45) is 0 Å². The molecule has 1 aromatic rings. The van der Waals surface area contributed by atoms with Crippen LogP contribution < -0.4 is 5.73 Å². The van der Waals surface area contributed by atoms with E-state index in [9.17, 15) is 8.42 Å². The predicted molar refractivity (Wildman–Crippen MR) is 77.7 cm³/mol. The molecular weight excluding hydrogens is 260 g/mol. The third-order valence-electron chi connectivity index (χ3n) is 4.19. The largest absolute Gasteiger partial charge is 0.398 e. The van der Waals surface area contributed by atoms with Gasteiger partial charge in [0.05, 0.1) is 4.90 Å². The normalized spacial score (nSPS) is 16.7. The first kappa shape index (κ1) is 14.3. The van der Waals surface area contributed by atoms with Gasteiger partial charge in [-0.15, -0.1) is 0 Å². The molecule has 0 heterocycles. The van der Waals surface area contributed by atoms with Crippen molar-refractivity contribution in [2.75, 3.05) is 12.8 Å². The van der Waals surface area contributed by atoms with Gasteiger partial charge >= 0.3 is 0 Å². The predicted octanol–water partition coefficient (Wildman–Crippen LogP) is 2.37. The molecule has 4 nitrogen and oxygen atoms in total. The van der Waals surface area contributed by atoms with Crippen molar-refractivity contribution in [3.63, 3.8) is 0 Å². The summed E-state index contributed by atoms with van der Waals surface area (Å²) in [7, 11) is -1.77. The fourth-order valence-electron chi connectivity index (χ4n) is 2.67. The second kappa shape index (κ2) is 4.80. The number of aryl methyl sites for hydroxylation is 2. The van der Waals surface area contributed by atoms with Crippen LogP contribution in [0.4, 0.5) is 5.69 Å². The zero-order valence-electron chi connectivity index (χ0n) is 12.0. The summed E-state index contributed by atoms with van der Waals surface area (Å²) >= 11 is 0. The van der Waals surface area contributed by atoms with E-state index < -0.39 is 10.0 Å². The molecule has 0 aromatic heterocycles. The third-order valence-corrected chi connectivity index (χ3v) is 6.39. The number of nitrogens with two attached hydrogens (primary N) is 1. The van der Waals surface area contributed by atoms with Crippen molar-refractivity contribution < 1.29 is 8.42 Å². The maximum absolute atomic E-state index is 12.7. The molecule has 0 aliphatic heterocycles. The molecule has 2 rings (SSSR count). The minimum Gasteiger partial charge on any atom is -0.398 e. The minimum absolute atomic E-state index is 0.145. The highest BCUT2D eigenvalue weighted by molar-refractivity contribution is 7.89. The number of benzene rings is 1. The van der Waals surface area contributed by atoms with Gasteiger partial charge in [-0.05, 0) is 50.3 Å². The summed E-state index contributed by atoms with van der Waals surface area (Å²) in [6.07, 6.45) is 3.02. The van der Waals surface area contributed by atoms with Gasteiger partial charge in [0.1, 0.15) is 0 Å². The maximum Gasteiger partial charge on any atom is 0.243 e. The summed E-state index contributed by atoms with van der Waals surface area (Å²) in [5.41, 5.74) is 8.94. The molecule has 0 spiro atoms. The van der Waals surface area contributed by atoms with Crippen molar-refractivity contribution in [3.05, 3.63) is 22.8 Å². The fraction of sp³-hybridized carbons (Fsp3) is 0.571. The van der Waals surface area contributed by atoms with Crippen LogP contribution in [0.15, 0.2) is 11.0 Å². The first-order valence-electron chi connectivity index (χ1n) is 6.61. The van der Waals surface area contributed by atoms with Gasteiger partial charge in [0.2, 0.25) is 10.0 Å². The molecule has 1 saturated carbocycles. The first-order chi connectivity index (χ1) is 8.76. The van der Waals surface area contributed by atoms with E-state index in [1.165, 1.54) is 4.31 Å². The van der Waals surface area contributed by atoms with Gasteiger partial charge in [0, 0.05) is 18.8 Å². The topological polar surface area (TPSA) is 63.4 Å². The van der Waals surface area contributed by atoms with Crippen molar-refractivity contribution in [1.82, 2.24) is 4.31 Å². The lowest BCUT2D eigenvalue weighted by atomic mass is 9.93. The Morgan fingerprint density at radius 3 is 2.26 bits per heavy atom. The van der Waals surface area contributed by atoms with Crippen LogP contribution in [0.1, 0.15) is 36.0 Å². The van der Waals surface area contributed by atoms with Crippen LogP contribution in [0.5, 0.6) is 0 Å². The Labute approximate surface area is 115 Å². The van der Waals surface area contributed by atoms with E-state index in [1.54, 1.807) is 14.0 Å². The van der Waals surface area contributed by atoms with Gasteiger partial charge in [-0.1, -0.05) is 12.5 Å². The lowest BCUT2D eigenvalue weighted by Crippen LogP contribution is -2.41. The average molecular weight is 282 g/mol. The molecule has 0 saturated heterocycles. The van der Waals surface area contributed by atoms with Gasteiger partial charge in [-0.2, -0.15) is 4.31 Å².